The van der Waals surface area contributed by atoms with E-state index in [0.717, 1.165) is 235 Å². The van der Waals surface area contributed by atoms with Crippen LogP contribution in [-0.2, 0) is 27.8 Å². The molecule has 0 amide bonds. The molecule has 12 nitrogen and oxygen atoms in total. The van der Waals surface area contributed by atoms with E-state index in [1.807, 2.05) is 0 Å². The average molecular weight is 1710 g/mol. The fraction of sp³-hybridized carbons (Fsp3) is 0.476. The molecule has 15 rings (SSSR count). The number of aromatic nitrogens is 2. The first-order valence-electron chi connectivity index (χ1n) is 44.8. The molecule has 119 heavy (non-hydrogen) atoms. The van der Waals surface area contributed by atoms with Gasteiger partial charge in [0.2, 0.25) is 0 Å². The van der Waals surface area contributed by atoms with Crippen molar-refractivity contribution >= 4 is 125 Å². The van der Waals surface area contributed by atoms with Crippen LogP contribution in [0.15, 0.2) is 151 Å². The van der Waals surface area contributed by atoms with Gasteiger partial charge in [-0.3, -0.25) is 0 Å². The maximum absolute atomic E-state index is 15.5. The topological polar surface area (TPSA) is 121 Å². The normalized spacial score (nSPS) is 15.2. The number of nitrogens with zero attached hydrogens (tertiary/aromatic N) is 8. The molecule has 0 saturated heterocycles. The van der Waals surface area contributed by atoms with E-state index in [1.165, 1.54) is 12.1 Å². The predicted molar refractivity (Wildman–Crippen MR) is 492 cm³/mol. The summed E-state index contributed by atoms with van der Waals surface area (Å²) in [6.07, 6.45) is 12.4. The SMILES string of the molecule is CCCCC(CC)COc1cc(C(C)(C)C)cc2cc3c(cc12)C1=NC3=Nc2c3cc4c(OCC(CC)CCCC)cc(C(C)(C)C)cc4cc3c3[n]2[In]([c]2ccc(C(F)(F)F)cc2)[n]2c(c4cc5cc(C(C)(C)C)cc(OCC(CC)CCCC)c5cc4c2=NC2=NC(=N3)c3cc4c(OCC(CC)CCCC)cc(C(C)(C)C)cc4cc32)=N1. The molecule has 4 unspecified atom stereocenters. The summed E-state index contributed by atoms with van der Waals surface area (Å²) in [6, 6.07) is 42.0. The zero-order valence-corrected chi connectivity index (χ0v) is 77.7. The van der Waals surface area contributed by atoms with Crippen molar-refractivity contribution in [1.82, 2.24) is 5.11 Å². The van der Waals surface area contributed by atoms with Crippen LogP contribution < -0.4 is 33.2 Å². The van der Waals surface area contributed by atoms with Gasteiger partial charge >= 0.3 is 649 Å². The zero-order chi connectivity index (χ0) is 84.5. The first-order chi connectivity index (χ1) is 56.7. The van der Waals surface area contributed by atoms with Gasteiger partial charge in [-0.2, -0.15) is 0 Å². The van der Waals surface area contributed by atoms with Gasteiger partial charge in [-0.1, -0.05) is 67.2 Å². The van der Waals surface area contributed by atoms with E-state index in [4.69, 9.17) is 48.9 Å². The van der Waals surface area contributed by atoms with Gasteiger partial charge < -0.3 is 0 Å². The molecule has 0 N–H and O–H groups in total. The van der Waals surface area contributed by atoms with Crippen LogP contribution in [0.5, 0.6) is 23.0 Å². The molecule has 9 aromatic carbocycles. The van der Waals surface area contributed by atoms with E-state index < -0.39 is 33.8 Å². The molecular weight excluding hydrogens is 1580 g/mol. The molecule has 4 aliphatic rings. The summed E-state index contributed by atoms with van der Waals surface area (Å²) in [5, 5.41) is 10.7. The molecule has 2 aromatic heterocycles. The molecule has 0 aliphatic carbocycles. The van der Waals surface area contributed by atoms with Gasteiger partial charge in [-0.05, 0) is 0 Å². The molecule has 4 atom stereocenters. The van der Waals surface area contributed by atoms with Crippen molar-refractivity contribution < 1.29 is 32.1 Å². The summed E-state index contributed by atoms with van der Waals surface area (Å²) in [5.41, 5.74) is 6.89. The van der Waals surface area contributed by atoms with Crippen LogP contribution in [0.3, 0.4) is 0 Å². The molecule has 0 fully saturated rings. The molecule has 0 radical (unpaired) electrons. The van der Waals surface area contributed by atoms with Gasteiger partial charge in [0.1, 0.15) is 0 Å². The Hall–Kier alpha value is -8.76. The summed E-state index contributed by atoms with van der Waals surface area (Å²) in [4.78, 5) is 36.1. The predicted octanol–water partition coefficient (Wildman–Crippen LogP) is 26.5. The minimum atomic E-state index is -4.96. The van der Waals surface area contributed by atoms with Gasteiger partial charge in [-0.25, -0.2) is 0 Å². The van der Waals surface area contributed by atoms with E-state index in [1.54, 1.807) is 12.1 Å². The third kappa shape index (κ3) is 17.1. The summed E-state index contributed by atoms with van der Waals surface area (Å²) in [6.45, 7) is 47.2. The molecular formula is C103H124F3InN8O4. The Balaban J connectivity index is 1.15. The Kier molecular flexibility index (Phi) is 24.3. The van der Waals surface area contributed by atoms with Crippen molar-refractivity contribution in [2.24, 2.45) is 53.6 Å². The quantitative estimate of drug-likeness (QED) is 0.0463. The average Bonchev–Trinajstić information content (AvgIpc) is 1.54. The van der Waals surface area contributed by atoms with Gasteiger partial charge in [0.25, 0.3) is 0 Å². The second-order valence-electron chi connectivity index (χ2n) is 38.8. The van der Waals surface area contributed by atoms with E-state index >= 15 is 13.2 Å². The van der Waals surface area contributed by atoms with Gasteiger partial charge in [0.05, 0.1) is 0 Å². The Morgan fingerprint density at radius 3 is 0.933 bits per heavy atom. The summed E-state index contributed by atoms with van der Waals surface area (Å²) >= 11 is -4.96. The number of amidine groups is 4. The van der Waals surface area contributed by atoms with E-state index in [0.29, 0.717) is 99.4 Å². The number of alkyl halides is 3. The molecule has 4 aliphatic heterocycles. The maximum atomic E-state index is 15.5. The number of halogens is 3. The van der Waals surface area contributed by atoms with Crippen molar-refractivity contribution in [2.45, 2.75) is 269 Å². The first-order valence-corrected chi connectivity index (χ1v) is 49.4. The summed E-state index contributed by atoms with van der Waals surface area (Å²) in [5.74, 6) is 7.43. The van der Waals surface area contributed by atoms with Crippen LogP contribution >= 0.6 is 0 Å². The van der Waals surface area contributed by atoms with Gasteiger partial charge in [-0.15, -0.1) is 0 Å². The molecule has 0 saturated carbocycles. The number of fused-ring (bicyclic) bond motifs is 18. The molecule has 16 heteroatoms. The first kappa shape index (κ1) is 85.2. The van der Waals surface area contributed by atoms with Crippen LogP contribution in [0, 0.1) is 23.7 Å². The van der Waals surface area contributed by atoms with Crippen molar-refractivity contribution in [2.75, 3.05) is 26.4 Å². The van der Waals surface area contributed by atoms with Crippen LogP contribution in [0.25, 0.3) is 64.6 Å². The van der Waals surface area contributed by atoms with Crippen LogP contribution in [0.4, 0.5) is 24.8 Å². The standard InChI is InChI=1S/C96H120N8O4.C7H4F3.In/c1-21-29-33-57(25-5)53-105-81-45-65(93(9,10)11)37-61-41-73-77(49-69(61)81)89-97-85(73)102-90-79-51-71-63(39-67(95(15,16)17)47-83(71)107-55-59(27-7)35-31-23-3)43-75(79)87(99-90)104-92-80-52-72-64(40-68(96(18,19)20)48-84(72)108-56-60(28-8)36-32-24-4)44-76(80)88(100-92)103-91-78-50-70-62(42-74(78)86(98-91)101-89)38-66(94(12,13)14)46-82(70)106-54-58(26-6)34-30-22-2;8-7(9,10)6-4-2-1-3-5-6;/h37-52,57-60H,21-36,53-56H2,1-20H3;2-5H;/q-2;;+2. The fourth-order valence-electron chi connectivity index (χ4n) is 17.7. The third-order valence-electron chi connectivity index (χ3n) is 25.9. The molecule has 6 bridgehead atoms. The molecule has 624 valence electrons. The zero-order valence-electron chi connectivity index (χ0n) is 74.4. The Bertz CT molecular complexity index is 6010. The number of hydrogen-bond acceptors (Lipinski definition) is 10. The molecule has 6 heterocycles. The van der Waals surface area contributed by atoms with Crippen LogP contribution in [0.2, 0.25) is 0 Å². The van der Waals surface area contributed by atoms with Gasteiger partial charge in [0, 0.05) is 0 Å². The third-order valence-corrected chi connectivity index (χ3v) is 34.3. The Morgan fingerprint density at radius 1 is 0.311 bits per heavy atom. The van der Waals surface area contributed by atoms with Crippen molar-refractivity contribution in [1.29, 1.82) is 0 Å². The van der Waals surface area contributed by atoms with E-state index in [-0.39, 0.29) is 21.7 Å². The van der Waals surface area contributed by atoms with Crippen LogP contribution in [0.1, 0.15) is 291 Å². The van der Waals surface area contributed by atoms with Gasteiger partial charge in [0.15, 0.2) is 0 Å². The Labute approximate surface area is 711 Å². The molecule has 0 spiro atoms. The van der Waals surface area contributed by atoms with Crippen LogP contribution in [-0.4, -0.2) is 76.9 Å². The number of unbranched alkanes of at least 4 members (excludes halogenated alkanes) is 4. The Morgan fingerprint density at radius 2 is 0.605 bits per heavy atom. The summed E-state index contributed by atoms with van der Waals surface area (Å²) < 4.78 is 81.0. The van der Waals surface area contributed by atoms with Crippen molar-refractivity contribution in [3.05, 3.63) is 182 Å². The van der Waals surface area contributed by atoms with E-state index in [9.17, 15) is 0 Å². The number of aliphatic imine (C=N–C) groups is 4. The van der Waals surface area contributed by atoms with Crippen molar-refractivity contribution in [3.63, 3.8) is 0 Å². The number of rotatable bonds is 29. The fourth-order valence-corrected chi connectivity index (χ4v) is 26.5. The van der Waals surface area contributed by atoms with E-state index in [2.05, 4.69) is 241 Å². The molecule has 11 aromatic rings. The number of ether oxygens (including phenoxy) is 4. The van der Waals surface area contributed by atoms with Crippen molar-refractivity contribution in [3.8, 4) is 23.0 Å². The summed E-state index contributed by atoms with van der Waals surface area (Å²) in [7, 11) is 0. The second-order valence-corrected chi connectivity index (χ2v) is 45.8. The monoisotopic (exact) mass is 1710 g/mol. The minimum absolute atomic E-state index is 0.250. The number of benzene rings is 9. The number of hydrogen-bond donors (Lipinski definition) is 0. The second kappa shape index (κ2) is 33.9.